The summed E-state index contributed by atoms with van der Waals surface area (Å²) in [6, 6.07) is 15.6. The van der Waals surface area contributed by atoms with Crippen LogP contribution in [0.25, 0.3) is 0 Å². The highest BCUT2D eigenvalue weighted by Crippen LogP contribution is 2.09. The van der Waals surface area contributed by atoms with Crippen LogP contribution >= 0.6 is 0 Å². The maximum Gasteiger partial charge on any atom is 0.305 e. The molecule has 0 aromatic heterocycles. The smallest absolute Gasteiger partial charge is 0.305 e. The van der Waals surface area contributed by atoms with Crippen molar-refractivity contribution in [3.63, 3.8) is 0 Å². The number of esters is 1. The first-order valence-electron chi connectivity index (χ1n) is 8.38. The van der Waals surface area contributed by atoms with E-state index in [0.29, 0.717) is 18.7 Å². The molecule has 2 rings (SSSR count). The molecule has 0 bridgehead atoms. The molecule has 4 nitrogen and oxygen atoms in total. The van der Waals surface area contributed by atoms with Gasteiger partial charge in [-0.05, 0) is 49.1 Å². The van der Waals surface area contributed by atoms with E-state index in [0.717, 1.165) is 12.8 Å². The van der Waals surface area contributed by atoms with Gasteiger partial charge in [-0.15, -0.1) is 0 Å². The lowest BCUT2D eigenvalue weighted by Gasteiger charge is -2.06. The number of rotatable bonds is 9. The van der Waals surface area contributed by atoms with Crippen LogP contribution in [0.5, 0.6) is 0 Å². The zero-order chi connectivity index (χ0) is 17.9. The highest BCUT2D eigenvalue weighted by molar-refractivity contribution is 5.90. The first-order chi connectivity index (χ1) is 12.1. The van der Waals surface area contributed by atoms with Crippen LogP contribution in [0.3, 0.4) is 0 Å². The van der Waals surface area contributed by atoms with E-state index in [1.807, 2.05) is 30.3 Å². The Bertz CT molecular complexity index is 671. The molecule has 0 aliphatic rings. The third-order valence-electron chi connectivity index (χ3n) is 3.63. The van der Waals surface area contributed by atoms with E-state index in [4.69, 9.17) is 4.74 Å². The highest BCUT2D eigenvalue weighted by Gasteiger charge is 2.07. The van der Waals surface area contributed by atoms with E-state index < -0.39 is 0 Å². The van der Waals surface area contributed by atoms with Crippen molar-refractivity contribution in [3.8, 4) is 0 Å². The third kappa shape index (κ3) is 7.61. The lowest BCUT2D eigenvalue weighted by Crippen LogP contribution is -2.13. The van der Waals surface area contributed by atoms with Crippen LogP contribution in [0.4, 0.5) is 10.1 Å². The predicted molar refractivity (Wildman–Crippen MR) is 94.6 cm³/mol. The molecule has 0 atom stereocenters. The lowest BCUT2D eigenvalue weighted by atomic mass is 10.1. The number of anilines is 1. The fourth-order valence-corrected chi connectivity index (χ4v) is 2.33. The van der Waals surface area contributed by atoms with E-state index >= 15 is 0 Å². The number of hydrogen-bond acceptors (Lipinski definition) is 3. The summed E-state index contributed by atoms with van der Waals surface area (Å²) in [5, 5.41) is 2.66. The Morgan fingerprint density at radius 1 is 0.920 bits per heavy atom. The molecule has 0 heterocycles. The van der Waals surface area contributed by atoms with Gasteiger partial charge in [0.1, 0.15) is 5.82 Å². The molecule has 0 aliphatic carbocycles. The van der Waals surface area contributed by atoms with Crippen LogP contribution in [0.15, 0.2) is 54.6 Å². The van der Waals surface area contributed by atoms with E-state index in [1.165, 1.54) is 29.8 Å². The average Bonchev–Trinajstić information content (AvgIpc) is 2.62. The molecular weight excluding hydrogens is 321 g/mol. The Balaban J connectivity index is 1.54. The first-order valence-corrected chi connectivity index (χ1v) is 8.38. The summed E-state index contributed by atoms with van der Waals surface area (Å²) in [5.41, 5.74) is 1.76. The second-order valence-corrected chi connectivity index (χ2v) is 5.72. The largest absolute Gasteiger partial charge is 0.466 e. The van der Waals surface area contributed by atoms with E-state index in [-0.39, 0.29) is 30.5 Å². The molecular formula is C20H22FNO3. The number of hydrogen-bond donors (Lipinski definition) is 1. The molecule has 2 aromatic carbocycles. The first kappa shape index (κ1) is 18.6. The Labute approximate surface area is 147 Å². The van der Waals surface area contributed by atoms with Gasteiger partial charge in [-0.1, -0.05) is 30.3 Å². The molecule has 25 heavy (non-hydrogen) atoms. The van der Waals surface area contributed by atoms with Gasteiger partial charge in [0, 0.05) is 18.5 Å². The molecule has 0 unspecified atom stereocenters. The van der Waals surface area contributed by atoms with Gasteiger partial charge in [-0.25, -0.2) is 4.39 Å². The van der Waals surface area contributed by atoms with Crippen molar-refractivity contribution in [2.75, 3.05) is 11.9 Å². The number of aryl methyl sites for hydroxylation is 1. The number of halogens is 1. The molecule has 0 aliphatic heterocycles. The molecule has 0 saturated carbocycles. The molecule has 0 saturated heterocycles. The number of nitrogens with one attached hydrogen (secondary N) is 1. The minimum absolute atomic E-state index is 0.205. The molecule has 0 spiro atoms. The standard InChI is InChI=1S/C20H22FNO3/c21-17-11-13-18(14-12-17)22-19(23)9-4-10-20(24)25-15-5-8-16-6-2-1-3-7-16/h1-3,6-7,11-14H,4-5,8-10,15H2,(H,22,23). The monoisotopic (exact) mass is 343 g/mol. The second kappa shape index (κ2) is 10.2. The van der Waals surface area contributed by atoms with Gasteiger partial charge in [0.2, 0.25) is 5.91 Å². The average molecular weight is 343 g/mol. The quantitative estimate of drug-likeness (QED) is 0.551. The van der Waals surface area contributed by atoms with Crippen LogP contribution in [0.2, 0.25) is 0 Å². The van der Waals surface area contributed by atoms with Crippen molar-refractivity contribution in [1.29, 1.82) is 0 Å². The van der Waals surface area contributed by atoms with Crippen molar-refractivity contribution in [3.05, 3.63) is 66.0 Å². The number of carbonyl (C=O) groups is 2. The highest BCUT2D eigenvalue weighted by atomic mass is 19.1. The third-order valence-corrected chi connectivity index (χ3v) is 3.63. The van der Waals surface area contributed by atoms with Gasteiger partial charge < -0.3 is 10.1 Å². The SMILES string of the molecule is O=C(CCCC(=O)OCCCc1ccccc1)Nc1ccc(F)cc1. The maximum absolute atomic E-state index is 12.8. The van der Waals surface area contributed by atoms with Crippen molar-refractivity contribution < 1.29 is 18.7 Å². The summed E-state index contributed by atoms with van der Waals surface area (Å²) in [6.45, 7) is 0.384. The molecule has 1 amide bonds. The lowest BCUT2D eigenvalue weighted by molar-refractivity contribution is -0.143. The molecule has 1 N–H and O–H groups in total. The van der Waals surface area contributed by atoms with Gasteiger partial charge in [-0.2, -0.15) is 0 Å². The van der Waals surface area contributed by atoms with Crippen LogP contribution in [-0.4, -0.2) is 18.5 Å². The zero-order valence-corrected chi connectivity index (χ0v) is 14.0. The summed E-state index contributed by atoms with van der Waals surface area (Å²) < 4.78 is 17.9. The summed E-state index contributed by atoms with van der Waals surface area (Å²) in [6.07, 6.45) is 2.50. The molecule has 5 heteroatoms. The fraction of sp³-hybridized carbons (Fsp3) is 0.300. The van der Waals surface area contributed by atoms with Gasteiger partial charge in [-0.3, -0.25) is 9.59 Å². The Morgan fingerprint density at radius 3 is 2.36 bits per heavy atom. The predicted octanol–water partition coefficient (Wildman–Crippen LogP) is 4.11. The molecule has 2 aromatic rings. The Morgan fingerprint density at radius 2 is 1.64 bits per heavy atom. The van der Waals surface area contributed by atoms with E-state index in [9.17, 15) is 14.0 Å². The minimum atomic E-state index is -0.354. The second-order valence-electron chi connectivity index (χ2n) is 5.72. The van der Waals surface area contributed by atoms with Crippen LogP contribution in [0.1, 0.15) is 31.2 Å². The Hall–Kier alpha value is -2.69. The van der Waals surface area contributed by atoms with Crippen molar-refractivity contribution >= 4 is 17.6 Å². The zero-order valence-electron chi connectivity index (χ0n) is 14.0. The van der Waals surface area contributed by atoms with Gasteiger partial charge in [0.15, 0.2) is 0 Å². The number of amides is 1. The maximum atomic E-state index is 12.8. The normalized spacial score (nSPS) is 10.3. The van der Waals surface area contributed by atoms with Crippen molar-refractivity contribution in [2.45, 2.75) is 32.1 Å². The summed E-state index contributed by atoms with van der Waals surface area (Å²) in [4.78, 5) is 23.4. The minimum Gasteiger partial charge on any atom is -0.466 e. The topological polar surface area (TPSA) is 55.4 Å². The number of ether oxygens (including phenoxy) is 1. The van der Waals surface area contributed by atoms with Gasteiger partial charge in [0.05, 0.1) is 6.61 Å². The van der Waals surface area contributed by atoms with Crippen molar-refractivity contribution in [1.82, 2.24) is 0 Å². The molecule has 0 fully saturated rings. The summed E-state index contributed by atoms with van der Waals surface area (Å²) >= 11 is 0. The fourth-order valence-electron chi connectivity index (χ4n) is 2.33. The van der Waals surface area contributed by atoms with Gasteiger partial charge >= 0.3 is 5.97 Å². The van der Waals surface area contributed by atoms with E-state index in [2.05, 4.69) is 5.32 Å². The van der Waals surface area contributed by atoms with Gasteiger partial charge in [0.25, 0.3) is 0 Å². The van der Waals surface area contributed by atoms with Crippen LogP contribution in [0, 0.1) is 5.82 Å². The van der Waals surface area contributed by atoms with Crippen molar-refractivity contribution in [2.24, 2.45) is 0 Å². The number of carbonyl (C=O) groups excluding carboxylic acids is 2. The van der Waals surface area contributed by atoms with Crippen LogP contribution < -0.4 is 5.32 Å². The number of benzene rings is 2. The van der Waals surface area contributed by atoms with E-state index in [1.54, 1.807) is 0 Å². The summed E-state index contributed by atoms with van der Waals surface area (Å²) in [5.74, 6) is -0.848. The summed E-state index contributed by atoms with van der Waals surface area (Å²) in [7, 11) is 0. The molecule has 0 radical (unpaired) electrons. The van der Waals surface area contributed by atoms with Crippen LogP contribution in [-0.2, 0) is 20.7 Å². The molecule has 132 valence electrons. The Kier molecular flexibility index (Phi) is 7.63.